The molecule has 1 aliphatic rings. The lowest BCUT2D eigenvalue weighted by Crippen LogP contribution is -2.30. The minimum absolute atomic E-state index is 0.00230. The van der Waals surface area contributed by atoms with Crippen LogP contribution in [0, 0.1) is 13.8 Å². The van der Waals surface area contributed by atoms with E-state index in [1.165, 1.54) is 4.90 Å². The molecule has 34 heavy (non-hydrogen) atoms. The highest BCUT2D eigenvalue weighted by molar-refractivity contribution is 6.52. The van der Waals surface area contributed by atoms with E-state index in [1.807, 2.05) is 58.0 Å². The smallest absolute Gasteiger partial charge is 0.300 e. The maximum Gasteiger partial charge on any atom is 0.300 e. The summed E-state index contributed by atoms with van der Waals surface area (Å²) in [6.07, 6.45) is 0.00230. The van der Waals surface area contributed by atoms with Crippen LogP contribution in [0.25, 0.3) is 5.76 Å². The summed E-state index contributed by atoms with van der Waals surface area (Å²) < 4.78 is 5.79. The summed E-state index contributed by atoms with van der Waals surface area (Å²) in [4.78, 5) is 28.0. The maximum atomic E-state index is 13.3. The Kier molecular flexibility index (Phi) is 6.49. The Balaban J connectivity index is 1.91. The summed E-state index contributed by atoms with van der Waals surface area (Å²) in [6, 6.07) is 18.8. The van der Waals surface area contributed by atoms with E-state index < -0.39 is 17.7 Å². The van der Waals surface area contributed by atoms with Crippen LogP contribution < -0.4 is 9.64 Å². The monoisotopic (exact) mass is 475 g/mol. The number of ether oxygens (including phenoxy) is 1. The highest BCUT2D eigenvalue weighted by Gasteiger charge is 2.47. The molecule has 1 saturated heterocycles. The predicted molar refractivity (Wildman–Crippen MR) is 134 cm³/mol. The number of Topliss-reactive ketones (excluding diaryl/α,β-unsaturated/α-hetero) is 1. The van der Waals surface area contributed by atoms with Crippen LogP contribution in [0.3, 0.4) is 0 Å². The Labute approximate surface area is 204 Å². The first-order valence-corrected chi connectivity index (χ1v) is 11.5. The molecular formula is C28H26ClNO4. The third kappa shape index (κ3) is 4.31. The van der Waals surface area contributed by atoms with Gasteiger partial charge in [0.15, 0.2) is 0 Å². The van der Waals surface area contributed by atoms with Crippen molar-refractivity contribution < 1.29 is 19.4 Å². The van der Waals surface area contributed by atoms with Crippen molar-refractivity contribution >= 4 is 34.7 Å². The van der Waals surface area contributed by atoms with Gasteiger partial charge < -0.3 is 9.84 Å². The molecule has 5 nitrogen and oxygen atoms in total. The van der Waals surface area contributed by atoms with Crippen LogP contribution in [0.1, 0.15) is 42.1 Å². The SMILES string of the molecule is Cc1cc(/C(O)=C2\C(=O)C(=O)N(c3cc(Cl)ccc3C)C2c2ccccc2)ccc1OC(C)C. The molecule has 3 aromatic carbocycles. The molecule has 6 heteroatoms. The Hall–Kier alpha value is -3.57. The lowest BCUT2D eigenvalue weighted by atomic mass is 9.94. The van der Waals surface area contributed by atoms with Gasteiger partial charge in [0.1, 0.15) is 11.5 Å². The second-order valence-corrected chi connectivity index (χ2v) is 9.09. The number of anilines is 1. The molecule has 4 rings (SSSR count). The van der Waals surface area contributed by atoms with Crippen molar-refractivity contribution in [2.75, 3.05) is 4.90 Å². The van der Waals surface area contributed by atoms with Gasteiger partial charge >= 0.3 is 0 Å². The van der Waals surface area contributed by atoms with Crippen LogP contribution in [0.4, 0.5) is 5.69 Å². The van der Waals surface area contributed by atoms with Gasteiger partial charge in [0, 0.05) is 16.3 Å². The molecule has 0 spiro atoms. The highest BCUT2D eigenvalue weighted by Crippen LogP contribution is 2.43. The lowest BCUT2D eigenvalue weighted by Gasteiger charge is -2.27. The number of nitrogens with zero attached hydrogens (tertiary/aromatic N) is 1. The predicted octanol–water partition coefficient (Wildman–Crippen LogP) is 6.37. The quantitative estimate of drug-likeness (QED) is 0.264. The van der Waals surface area contributed by atoms with Gasteiger partial charge in [0.2, 0.25) is 0 Å². The van der Waals surface area contributed by atoms with E-state index in [4.69, 9.17) is 16.3 Å². The molecule has 1 fully saturated rings. The van der Waals surface area contributed by atoms with Crippen LogP contribution in [0.5, 0.6) is 5.75 Å². The largest absolute Gasteiger partial charge is 0.507 e. The average molecular weight is 476 g/mol. The molecule has 1 amide bonds. The van der Waals surface area contributed by atoms with Crippen molar-refractivity contribution in [2.24, 2.45) is 0 Å². The van der Waals surface area contributed by atoms with E-state index in [-0.39, 0.29) is 17.4 Å². The molecule has 3 aromatic rings. The average Bonchev–Trinajstić information content (AvgIpc) is 3.07. The van der Waals surface area contributed by atoms with E-state index in [0.717, 1.165) is 11.1 Å². The first-order valence-electron chi connectivity index (χ1n) is 11.1. The molecule has 174 valence electrons. The van der Waals surface area contributed by atoms with Crippen LogP contribution in [-0.4, -0.2) is 22.9 Å². The molecule has 1 atom stereocenters. The van der Waals surface area contributed by atoms with Gasteiger partial charge in [-0.05, 0) is 74.7 Å². The zero-order valence-corrected chi connectivity index (χ0v) is 20.3. The highest BCUT2D eigenvalue weighted by atomic mass is 35.5. The number of aryl methyl sites for hydroxylation is 2. The van der Waals surface area contributed by atoms with E-state index in [9.17, 15) is 14.7 Å². The van der Waals surface area contributed by atoms with Crippen LogP contribution in [0.15, 0.2) is 72.3 Å². The summed E-state index contributed by atoms with van der Waals surface area (Å²) in [7, 11) is 0. The Morgan fingerprint density at radius 3 is 2.32 bits per heavy atom. The van der Waals surface area contributed by atoms with Crippen LogP contribution >= 0.6 is 11.6 Å². The number of hydrogen-bond donors (Lipinski definition) is 1. The summed E-state index contributed by atoms with van der Waals surface area (Å²) in [6.45, 7) is 7.60. The first-order chi connectivity index (χ1) is 16.2. The van der Waals surface area contributed by atoms with Gasteiger partial charge in [0.05, 0.1) is 17.7 Å². The van der Waals surface area contributed by atoms with Crippen molar-refractivity contribution in [1.82, 2.24) is 0 Å². The number of carbonyl (C=O) groups is 2. The van der Waals surface area contributed by atoms with Crippen molar-refractivity contribution in [3.8, 4) is 5.75 Å². The Morgan fingerprint density at radius 2 is 1.68 bits per heavy atom. The zero-order chi connectivity index (χ0) is 24.6. The molecule has 1 heterocycles. The second kappa shape index (κ2) is 9.35. The summed E-state index contributed by atoms with van der Waals surface area (Å²) in [5, 5.41) is 11.8. The fraction of sp³-hybridized carbons (Fsp3) is 0.214. The number of rotatable bonds is 5. The van der Waals surface area contributed by atoms with Gasteiger partial charge in [-0.15, -0.1) is 0 Å². The van der Waals surface area contributed by atoms with Crippen LogP contribution in [0.2, 0.25) is 5.02 Å². The summed E-state index contributed by atoms with van der Waals surface area (Å²) in [5.41, 5.74) is 3.31. The van der Waals surface area contributed by atoms with Gasteiger partial charge in [-0.1, -0.05) is 48.0 Å². The summed E-state index contributed by atoms with van der Waals surface area (Å²) >= 11 is 6.24. The first kappa shape index (κ1) is 23.6. The molecule has 0 saturated carbocycles. The topological polar surface area (TPSA) is 66.8 Å². The van der Waals surface area contributed by atoms with E-state index in [1.54, 1.807) is 36.4 Å². The number of amides is 1. The fourth-order valence-electron chi connectivity index (χ4n) is 4.21. The molecule has 0 radical (unpaired) electrons. The molecule has 0 bridgehead atoms. The standard InChI is InChI=1S/C28H26ClNO4/c1-16(2)34-23-13-11-20(14-18(23)4)26(31)24-25(19-8-6-5-7-9-19)30(28(33)27(24)32)22-15-21(29)12-10-17(22)3/h5-16,25,31H,1-4H3/b26-24+. The lowest BCUT2D eigenvalue weighted by molar-refractivity contribution is -0.132. The number of ketones is 1. The van der Waals surface area contributed by atoms with Gasteiger partial charge in [-0.3, -0.25) is 14.5 Å². The second-order valence-electron chi connectivity index (χ2n) is 8.66. The molecule has 1 N–H and O–H groups in total. The minimum Gasteiger partial charge on any atom is -0.507 e. The van der Waals surface area contributed by atoms with E-state index in [2.05, 4.69) is 0 Å². The molecule has 1 aliphatic heterocycles. The van der Waals surface area contributed by atoms with Crippen molar-refractivity contribution in [3.05, 3.63) is 99.6 Å². The van der Waals surface area contributed by atoms with Gasteiger partial charge in [0.25, 0.3) is 11.7 Å². The molecular weight excluding hydrogens is 450 g/mol. The Bertz CT molecular complexity index is 1300. The molecule has 1 unspecified atom stereocenters. The maximum absolute atomic E-state index is 13.3. The third-order valence-corrected chi connectivity index (χ3v) is 6.04. The van der Waals surface area contributed by atoms with Gasteiger partial charge in [-0.25, -0.2) is 0 Å². The number of benzene rings is 3. The number of halogens is 1. The van der Waals surface area contributed by atoms with E-state index in [0.29, 0.717) is 27.6 Å². The minimum atomic E-state index is -0.801. The number of aliphatic hydroxyl groups is 1. The molecule has 0 aromatic heterocycles. The third-order valence-electron chi connectivity index (χ3n) is 5.80. The number of hydrogen-bond acceptors (Lipinski definition) is 4. The van der Waals surface area contributed by atoms with Crippen molar-refractivity contribution in [2.45, 2.75) is 39.8 Å². The van der Waals surface area contributed by atoms with Crippen molar-refractivity contribution in [1.29, 1.82) is 0 Å². The Morgan fingerprint density at radius 1 is 0.971 bits per heavy atom. The van der Waals surface area contributed by atoms with E-state index >= 15 is 0 Å². The van der Waals surface area contributed by atoms with Crippen LogP contribution in [-0.2, 0) is 9.59 Å². The number of aliphatic hydroxyl groups excluding tert-OH is 1. The summed E-state index contributed by atoms with van der Waals surface area (Å²) in [5.74, 6) is -0.988. The van der Waals surface area contributed by atoms with Crippen molar-refractivity contribution in [3.63, 3.8) is 0 Å². The molecule has 0 aliphatic carbocycles. The normalized spacial score (nSPS) is 17.5. The fourth-order valence-corrected chi connectivity index (χ4v) is 4.38. The zero-order valence-electron chi connectivity index (χ0n) is 19.5. The number of carbonyl (C=O) groups excluding carboxylic acids is 2. The van der Waals surface area contributed by atoms with Gasteiger partial charge in [-0.2, -0.15) is 0 Å².